The second kappa shape index (κ2) is 9.09. The van der Waals surface area contributed by atoms with Crippen LogP contribution >= 0.6 is 15.9 Å². The quantitative estimate of drug-likeness (QED) is 0.608. The predicted octanol–water partition coefficient (Wildman–Crippen LogP) is 4.98. The Morgan fingerprint density at radius 3 is 2.39 bits per heavy atom. The fraction of sp³-hybridized carbons (Fsp3) is 0.458. The highest BCUT2D eigenvalue weighted by molar-refractivity contribution is 9.10. The fourth-order valence-electron chi connectivity index (χ4n) is 3.89. The van der Waals surface area contributed by atoms with Crippen LogP contribution in [0.4, 0.5) is 10.5 Å². The van der Waals surface area contributed by atoms with Gasteiger partial charge in [-0.3, -0.25) is 4.90 Å². The summed E-state index contributed by atoms with van der Waals surface area (Å²) in [7, 11) is 0. The highest BCUT2D eigenvalue weighted by Crippen LogP contribution is 2.32. The fourth-order valence-corrected chi connectivity index (χ4v) is 4.26. The molecule has 2 aliphatic rings. The number of amides is 1. The summed E-state index contributed by atoms with van der Waals surface area (Å²) < 4.78 is 12.5. The van der Waals surface area contributed by atoms with Gasteiger partial charge in [0, 0.05) is 57.1 Å². The first-order valence-corrected chi connectivity index (χ1v) is 11.6. The molecule has 0 unspecified atom stereocenters. The van der Waals surface area contributed by atoms with Crippen molar-refractivity contribution in [1.82, 2.24) is 9.80 Å². The van der Waals surface area contributed by atoms with Crippen molar-refractivity contribution >= 4 is 27.7 Å². The minimum Gasteiger partial charge on any atom is -0.456 e. The van der Waals surface area contributed by atoms with Crippen LogP contribution in [0.2, 0.25) is 0 Å². The number of ether oxygens (including phenoxy) is 2. The summed E-state index contributed by atoms with van der Waals surface area (Å²) in [6.07, 6.45) is -0.204. The van der Waals surface area contributed by atoms with E-state index in [1.54, 1.807) is 0 Å². The second-order valence-electron chi connectivity index (χ2n) is 9.09. The first-order valence-electron chi connectivity index (χ1n) is 10.8. The average molecular weight is 488 g/mol. The van der Waals surface area contributed by atoms with Gasteiger partial charge in [0.2, 0.25) is 0 Å². The minimum atomic E-state index is -0.447. The summed E-state index contributed by atoms with van der Waals surface area (Å²) in [6, 6.07) is 16.6. The third-order valence-electron chi connectivity index (χ3n) is 5.59. The van der Waals surface area contributed by atoms with Gasteiger partial charge in [-0.1, -0.05) is 18.2 Å². The largest absolute Gasteiger partial charge is 0.456 e. The molecule has 0 aromatic heterocycles. The van der Waals surface area contributed by atoms with Gasteiger partial charge in [0.05, 0.1) is 4.47 Å². The van der Waals surface area contributed by atoms with Gasteiger partial charge in [0.15, 0.2) is 0 Å². The number of halogens is 1. The number of carbonyl (C=O) groups excluding carboxylic acids is 1. The summed E-state index contributed by atoms with van der Waals surface area (Å²) in [5.41, 5.74) is 0.727. The first-order chi connectivity index (χ1) is 14.8. The highest BCUT2D eigenvalue weighted by atomic mass is 79.9. The van der Waals surface area contributed by atoms with Crippen molar-refractivity contribution in [2.45, 2.75) is 32.4 Å². The standard InChI is InChI=1S/C24H30BrN3O3/c1-24(2,3)31-23(29)27-13-11-26(12-14-27)19-16-28(17-19)18-7-6-8-20(15-18)30-22-10-5-4-9-21(22)25/h4-10,15,19H,11-14,16-17H2,1-3H3. The van der Waals surface area contributed by atoms with Crippen LogP contribution < -0.4 is 9.64 Å². The van der Waals surface area contributed by atoms with E-state index in [1.807, 2.05) is 62.1 Å². The Morgan fingerprint density at radius 1 is 1.00 bits per heavy atom. The molecule has 0 aliphatic carbocycles. The first kappa shape index (κ1) is 22.0. The maximum atomic E-state index is 12.3. The van der Waals surface area contributed by atoms with Gasteiger partial charge in [-0.2, -0.15) is 0 Å². The van der Waals surface area contributed by atoms with E-state index < -0.39 is 5.60 Å². The molecule has 2 saturated heterocycles. The van der Waals surface area contributed by atoms with E-state index in [0.717, 1.165) is 55.2 Å². The number of para-hydroxylation sites is 1. The third-order valence-corrected chi connectivity index (χ3v) is 6.25. The number of piperazine rings is 1. The summed E-state index contributed by atoms with van der Waals surface area (Å²) in [6.45, 7) is 10.9. The molecule has 166 valence electrons. The molecule has 0 N–H and O–H groups in total. The van der Waals surface area contributed by atoms with Crippen LogP contribution in [0.3, 0.4) is 0 Å². The SMILES string of the molecule is CC(C)(C)OC(=O)N1CCN(C2CN(c3cccc(Oc4ccccc4Br)c3)C2)CC1. The van der Waals surface area contributed by atoms with Gasteiger partial charge in [-0.05, 0) is 61.0 Å². The molecule has 0 radical (unpaired) electrons. The number of benzene rings is 2. The van der Waals surface area contributed by atoms with Gasteiger partial charge in [-0.25, -0.2) is 4.79 Å². The Balaban J connectivity index is 1.27. The van der Waals surface area contributed by atoms with E-state index in [0.29, 0.717) is 6.04 Å². The Kier molecular flexibility index (Phi) is 6.44. The zero-order chi connectivity index (χ0) is 22.0. The highest BCUT2D eigenvalue weighted by Gasteiger charge is 2.35. The van der Waals surface area contributed by atoms with E-state index in [9.17, 15) is 4.79 Å². The number of carbonyl (C=O) groups is 1. The molecular weight excluding hydrogens is 458 g/mol. The van der Waals surface area contributed by atoms with Crippen LogP contribution in [0.25, 0.3) is 0 Å². The molecule has 0 atom stereocenters. The molecule has 0 bridgehead atoms. The van der Waals surface area contributed by atoms with Crippen molar-refractivity contribution in [2.24, 2.45) is 0 Å². The molecule has 2 fully saturated rings. The monoisotopic (exact) mass is 487 g/mol. The molecule has 0 saturated carbocycles. The maximum absolute atomic E-state index is 12.3. The Labute approximate surface area is 192 Å². The second-order valence-corrected chi connectivity index (χ2v) is 9.95. The average Bonchev–Trinajstić information content (AvgIpc) is 2.68. The molecule has 2 aromatic rings. The minimum absolute atomic E-state index is 0.204. The zero-order valence-electron chi connectivity index (χ0n) is 18.4. The summed E-state index contributed by atoms with van der Waals surface area (Å²) in [4.78, 5) is 18.9. The van der Waals surface area contributed by atoms with Gasteiger partial charge in [-0.15, -0.1) is 0 Å². The molecule has 2 heterocycles. The van der Waals surface area contributed by atoms with Crippen molar-refractivity contribution in [3.8, 4) is 11.5 Å². The number of rotatable bonds is 4. The third kappa shape index (κ3) is 5.52. The van der Waals surface area contributed by atoms with Gasteiger partial charge in [0.25, 0.3) is 0 Å². The van der Waals surface area contributed by atoms with Crippen molar-refractivity contribution in [2.75, 3.05) is 44.2 Å². The smallest absolute Gasteiger partial charge is 0.410 e. The Morgan fingerprint density at radius 2 is 1.71 bits per heavy atom. The number of nitrogens with zero attached hydrogens (tertiary/aromatic N) is 3. The molecule has 31 heavy (non-hydrogen) atoms. The molecule has 6 nitrogen and oxygen atoms in total. The van der Waals surface area contributed by atoms with E-state index in [4.69, 9.17) is 9.47 Å². The lowest BCUT2D eigenvalue weighted by Crippen LogP contribution is -2.63. The Hall–Kier alpha value is -2.25. The molecule has 0 spiro atoms. The van der Waals surface area contributed by atoms with E-state index in [2.05, 4.69) is 37.9 Å². The zero-order valence-corrected chi connectivity index (χ0v) is 20.0. The predicted molar refractivity (Wildman–Crippen MR) is 126 cm³/mol. The molecule has 2 aromatic carbocycles. The summed E-state index contributed by atoms with van der Waals surface area (Å²) in [5.74, 6) is 1.64. The van der Waals surface area contributed by atoms with Crippen LogP contribution in [-0.4, -0.2) is 66.8 Å². The lowest BCUT2D eigenvalue weighted by atomic mass is 10.0. The number of hydrogen-bond acceptors (Lipinski definition) is 5. The van der Waals surface area contributed by atoms with Crippen LogP contribution in [0.5, 0.6) is 11.5 Å². The van der Waals surface area contributed by atoms with Gasteiger partial charge < -0.3 is 19.3 Å². The normalized spacial score (nSPS) is 17.9. The molecular formula is C24H30BrN3O3. The lowest BCUT2D eigenvalue weighted by Gasteiger charge is -2.49. The Bertz CT molecular complexity index is 916. The van der Waals surface area contributed by atoms with Gasteiger partial charge in [0.1, 0.15) is 17.1 Å². The molecule has 2 aliphatic heterocycles. The van der Waals surface area contributed by atoms with Crippen molar-refractivity contribution < 1.29 is 14.3 Å². The molecule has 4 rings (SSSR count). The van der Waals surface area contributed by atoms with Crippen LogP contribution in [0.15, 0.2) is 53.0 Å². The van der Waals surface area contributed by atoms with E-state index in [1.165, 1.54) is 5.69 Å². The topological polar surface area (TPSA) is 45.2 Å². The van der Waals surface area contributed by atoms with Crippen LogP contribution in [0, 0.1) is 0 Å². The van der Waals surface area contributed by atoms with Crippen LogP contribution in [0.1, 0.15) is 20.8 Å². The van der Waals surface area contributed by atoms with E-state index in [-0.39, 0.29) is 6.09 Å². The van der Waals surface area contributed by atoms with Crippen molar-refractivity contribution in [1.29, 1.82) is 0 Å². The van der Waals surface area contributed by atoms with Crippen molar-refractivity contribution in [3.63, 3.8) is 0 Å². The number of anilines is 1. The summed E-state index contributed by atoms with van der Waals surface area (Å²) in [5, 5.41) is 0. The number of hydrogen-bond donors (Lipinski definition) is 0. The van der Waals surface area contributed by atoms with E-state index >= 15 is 0 Å². The van der Waals surface area contributed by atoms with Crippen molar-refractivity contribution in [3.05, 3.63) is 53.0 Å². The summed E-state index contributed by atoms with van der Waals surface area (Å²) >= 11 is 3.53. The van der Waals surface area contributed by atoms with Crippen LogP contribution in [-0.2, 0) is 4.74 Å². The van der Waals surface area contributed by atoms with Gasteiger partial charge >= 0.3 is 6.09 Å². The lowest BCUT2D eigenvalue weighted by molar-refractivity contribution is 0.00876. The maximum Gasteiger partial charge on any atom is 0.410 e. The molecule has 1 amide bonds. The molecule has 7 heteroatoms.